The number of hydrogen-bond donors (Lipinski definition) is 1. The average Bonchev–Trinajstić information content (AvgIpc) is 3.00. The van der Waals surface area contributed by atoms with Crippen molar-refractivity contribution in [3.05, 3.63) is 35.0 Å². The summed E-state index contributed by atoms with van der Waals surface area (Å²) in [5, 5.41) is 8.02. The predicted molar refractivity (Wildman–Crippen MR) is 90.0 cm³/mol. The summed E-state index contributed by atoms with van der Waals surface area (Å²) >= 11 is 0. The van der Waals surface area contributed by atoms with E-state index in [0.29, 0.717) is 17.2 Å². The highest BCUT2D eigenvalue weighted by molar-refractivity contribution is 5.90. The van der Waals surface area contributed by atoms with Crippen LogP contribution in [0.2, 0.25) is 0 Å². The SMILES string of the molecule is COC(=O)c1ccc(NC2CCCn3nc(C(C)C)nc32)nc1C. The van der Waals surface area contributed by atoms with Crippen LogP contribution in [0.3, 0.4) is 0 Å². The zero-order valence-electron chi connectivity index (χ0n) is 14.5. The molecule has 128 valence electrons. The first-order chi connectivity index (χ1) is 11.5. The maximum Gasteiger partial charge on any atom is 0.339 e. The molecule has 1 unspecified atom stereocenters. The van der Waals surface area contributed by atoms with Crippen molar-refractivity contribution >= 4 is 11.8 Å². The summed E-state index contributed by atoms with van der Waals surface area (Å²) in [5.41, 5.74) is 1.13. The highest BCUT2D eigenvalue weighted by Crippen LogP contribution is 2.28. The largest absolute Gasteiger partial charge is 0.465 e. The normalized spacial score (nSPS) is 16.8. The van der Waals surface area contributed by atoms with E-state index in [-0.39, 0.29) is 12.0 Å². The fourth-order valence-electron chi connectivity index (χ4n) is 2.90. The Morgan fingerprint density at radius 1 is 1.38 bits per heavy atom. The van der Waals surface area contributed by atoms with Gasteiger partial charge in [0, 0.05) is 12.5 Å². The van der Waals surface area contributed by atoms with Gasteiger partial charge >= 0.3 is 5.97 Å². The van der Waals surface area contributed by atoms with Crippen LogP contribution >= 0.6 is 0 Å². The third-order valence-electron chi connectivity index (χ3n) is 4.22. The molecule has 3 rings (SSSR count). The second-order valence-electron chi connectivity index (χ2n) is 6.37. The molecule has 1 atom stereocenters. The number of fused-ring (bicyclic) bond motifs is 1. The summed E-state index contributed by atoms with van der Waals surface area (Å²) in [5.74, 6) is 2.51. The predicted octanol–water partition coefficient (Wildman–Crippen LogP) is 2.84. The Bertz CT molecular complexity index is 753. The van der Waals surface area contributed by atoms with Crippen molar-refractivity contribution in [3.63, 3.8) is 0 Å². The Morgan fingerprint density at radius 2 is 2.17 bits per heavy atom. The number of rotatable bonds is 4. The molecule has 0 bridgehead atoms. The van der Waals surface area contributed by atoms with Crippen LogP contribution in [0.1, 0.15) is 66.3 Å². The van der Waals surface area contributed by atoms with Crippen molar-refractivity contribution in [2.75, 3.05) is 12.4 Å². The molecule has 0 saturated carbocycles. The summed E-state index contributed by atoms with van der Waals surface area (Å²) in [4.78, 5) is 20.8. The average molecular weight is 329 g/mol. The van der Waals surface area contributed by atoms with Gasteiger partial charge in [0.1, 0.15) is 11.6 Å². The van der Waals surface area contributed by atoms with E-state index in [0.717, 1.165) is 36.9 Å². The lowest BCUT2D eigenvalue weighted by Crippen LogP contribution is -2.23. The smallest absolute Gasteiger partial charge is 0.339 e. The summed E-state index contributed by atoms with van der Waals surface area (Å²) in [6.45, 7) is 6.90. The molecule has 0 amide bonds. The zero-order chi connectivity index (χ0) is 17.3. The third kappa shape index (κ3) is 3.11. The summed E-state index contributed by atoms with van der Waals surface area (Å²) in [6.07, 6.45) is 2.03. The number of aromatic nitrogens is 4. The van der Waals surface area contributed by atoms with Crippen molar-refractivity contribution < 1.29 is 9.53 Å². The van der Waals surface area contributed by atoms with Crippen LogP contribution in [0.15, 0.2) is 12.1 Å². The first-order valence-corrected chi connectivity index (χ1v) is 8.26. The van der Waals surface area contributed by atoms with Crippen LogP contribution in [0.5, 0.6) is 0 Å². The number of esters is 1. The molecule has 1 aliphatic rings. The molecule has 3 heterocycles. The molecule has 7 heteroatoms. The number of hydrogen-bond acceptors (Lipinski definition) is 6. The molecule has 0 aromatic carbocycles. The second kappa shape index (κ2) is 6.59. The lowest BCUT2D eigenvalue weighted by molar-refractivity contribution is 0.0599. The van der Waals surface area contributed by atoms with Crippen LogP contribution in [0.4, 0.5) is 5.82 Å². The standard InChI is InChI=1S/C17H23N5O2/c1-10(2)15-20-16-13(6-5-9-22(16)21-15)19-14-8-7-12(11(3)18-14)17(23)24-4/h7-8,10,13H,5-6,9H2,1-4H3,(H,18,19). The van der Waals surface area contributed by atoms with Gasteiger partial charge in [0.05, 0.1) is 24.4 Å². The van der Waals surface area contributed by atoms with Crippen molar-refractivity contribution in [2.45, 2.75) is 52.1 Å². The summed E-state index contributed by atoms with van der Waals surface area (Å²) in [6, 6.07) is 3.62. The van der Waals surface area contributed by atoms with Gasteiger partial charge in [-0.05, 0) is 31.9 Å². The summed E-state index contributed by atoms with van der Waals surface area (Å²) in [7, 11) is 1.37. The minimum absolute atomic E-state index is 0.0784. The van der Waals surface area contributed by atoms with Gasteiger partial charge in [-0.1, -0.05) is 13.8 Å². The zero-order valence-corrected chi connectivity index (χ0v) is 14.5. The molecule has 0 saturated heterocycles. The Morgan fingerprint density at radius 3 is 2.83 bits per heavy atom. The van der Waals surface area contributed by atoms with Gasteiger partial charge in [-0.3, -0.25) is 0 Å². The fraction of sp³-hybridized carbons (Fsp3) is 0.529. The van der Waals surface area contributed by atoms with E-state index < -0.39 is 0 Å². The van der Waals surface area contributed by atoms with Crippen molar-refractivity contribution in [1.29, 1.82) is 0 Å². The van der Waals surface area contributed by atoms with E-state index in [1.54, 1.807) is 19.1 Å². The van der Waals surface area contributed by atoms with Crippen LogP contribution in [0.25, 0.3) is 0 Å². The number of carbonyl (C=O) groups is 1. The second-order valence-corrected chi connectivity index (χ2v) is 6.37. The molecule has 0 aliphatic carbocycles. The minimum atomic E-state index is -0.370. The molecule has 24 heavy (non-hydrogen) atoms. The van der Waals surface area contributed by atoms with Gasteiger partial charge in [0.25, 0.3) is 0 Å². The first kappa shape index (κ1) is 16.4. The number of carbonyl (C=O) groups excluding carboxylic acids is 1. The maximum absolute atomic E-state index is 11.7. The molecule has 0 fully saturated rings. The molecule has 1 aliphatic heterocycles. The lowest BCUT2D eigenvalue weighted by Gasteiger charge is -2.23. The number of ether oxygens (including phenoxy) is 1. The lowest BCUT2D eigenvalue weighted by atomic mass is 10.1. The highest BCUT2D eigenvalue weighted by atomic mass is 16.5. The number of nitrogens with one attached hydrogen (secondary N) is 1. The van der Waals surface area contributed by atoms with E-state index >= 15 is 0 Å². The molecule has 2 aromatic rings. The minimum Gasteiger partial charge on any atom is -0.465 e. The van der Waals surface area contributed by atoms with Crippen molar-refractivity contribution in [1.82, 2.24) is 19.7 Å². The van der Waals surface area contributed by atoms with Gasteiger partial charge in [-0.25, -0.2) is 19.4 Å². The van der Waals surface area contributed by atoms with E-state index in [1.165, 1.54) is 7.11 Å². The van der Waals surface area contributed by atoms with E-state index in [1.807, 2.05) is 4.68 Å². The molecule has 0 spiro atoms. The van der Waals surface area contributed by atoms with Gasteiger partial charge in [-0.2, -0.15) is 5.10 Å². The van der Waals surface area contributed by atoms with Crippen LogP contribution in [-0.2, 0) is 11.3 Å². The monoisotopic (exact) mass is 329 g/mol. The molecule has 2 aromatic heterocycles. The fourth-order valence-corrected chi connectivity index (χ4v) is 2.90. The Hall–Kier alpha value is -2.44. The van der Waals surface area contributed by atoms with E-state index in [9.17, 15) is 4.79 Å². The maximum atomic E-state index is 11.7. The van der Waals surface area contributed by atoms with Crippen LogP contribution in [0, 0.1) is 6.92 Å². The molecule has 7 nitrogen and oxygen atoms in total. The first-order valence-electron chi connectivity index (χ1n) is 8.26. The van der Waals surface area contributed by atoms with E-state index in [2.05, 4.69) is 29.2 Å². The van der Waals surface area contributed by atoms with Crippen molar-refractivity contribution in [3.8, 4) is 0 Å². The quantitative estimate of drug-likeness (QED) is 0.869. The Balaban J connectivity index is 1.83. The van der Waals surface area contributed by atoms with Crippen molar-refractivity contribution in [2.24, 2.45) is 0 Å². The molecule has 0 radical (unpaired) electrons. The van der Waals surface area contributed by atoms with Gasteiger partial charge in [-0.15, -0.1) is 0 Å². The highest BCUT2D eigenvalue weighted by Gasteiger charge is 2.25. The molecule has 1 N–H and O–H groups in total. The number of pyridine rings is 1. The third-order valence-corrected chi connectivity index (χ3v) is 4.22. The van der Waals surface area contributed by atoms with Gasteiger partial charge in [0.15, 0.2) is 5.82 Å². The number of anilines is 1. The van der Waals surface area contributed by atoms with E-state index in [4.69, 9.17) is 9.72 Å². The Labute approximate surface area is 141 Å². The van der Waals surface area contributed by atoms with Gasteiger partial charge < -0.3 is 10.1 Å². The van der Waals surface area contributed by atoms with Gasteiger partial charge in [0.2, 0.25) is 0 Å². The summed E-state index contributed by atoms with van der Waals surface area (Å²) < 4.78 is 6.75. The topological polar surface area (TPSA) is 81.9 Å². The number of nitrogens with zero attached hydrogens (tertiary/aromatic N) is 4. The molecular weight excluding hydrogens is 306 g/mol. The van der Waals surface area contributed by atoms with Crippen LogP contribution < -0.4 is 5.32 Å². The Kier molecular flexibility index (Phi) is 4.51. The van der Waals surface area contributed by atoms with Crippen LogP contribution in [-0.4, -0.2) is 32.8 Å². The molecular formula is C17H23N5O2. The number of aryl methyl sites for hydroxylation is 2. The number of methoxy groups -OCH3 is 1.